The molecular weight excluding hydrogens is 352 g/mol. The molecule has 3 aromatic rings. The average Bonchev–Trinajstić information content (AvgIpc) is 3.16. The molecule has 4 rings (SSSR count). The van der Waals surface area contributed by atoms with Crippen molar-refractivity contribution in [1.29, 1.82) is 0 Å². The van der Waals surface area contributed by atoms with Crippen LogP contribution in [0.4, 0.5) is 0 Å². The summed E-state index contributed by atoms with van der Waals surface area (Å²) in [7, 11) is 0. The molecule has 7 nitrogen and oxygen atoms in total. The maximum Gasteiger partial charge on any atom is 0.342 e. The van der Waals surface area contributed by atoms with Gasteiger partial charge in [0, 0.05) is 0 Å². The first-order chi connectivity index (χ1) is 13.1. The van der Waals surface area contributed by atoms with Crippen LogP contribution in [0.2, 0.25) is 0 Å². The molecule has 0 amide bonds. The summed E-state index contributed by atoms with van der Waals surface area (Å²) >= 11 is 0. The van der Waals surface area contributed by atoms with E-state index in [2.05, 4.69) is 0 Å². The number of benzene rings is 2. The quantitative estimate of drug-likeness (QED) is 0.708. The lowest BCUT2D eigenvalue weighted by molar-refractivity contribution is -0.0710. The zero-order valence-corrected chi connectivity index (χ0v) is 14.2. The second-order valence-corrected chi connectivity index (χ2v) is 6.06. The number of para-hydroxylation sites is 2. The van der Waals surface area contributed by atoms with Crippen LogP contribution in [-0.4, -0.2) is 30.4 Å². The molecule has 0 bridgehead atoms. The number of fused-ring (bicyclic) bond motifs is 1. The monoisotopic (exact) mass is 368 g/mol. The highest BCUT2D eigenvalue weighted by Gasteiger charge is 2.31. The van der Waals surface area contributed by atoms with Gasteiger partial charge in [0.2, 0.25) is 5.43 Å². The van der Waals surface area contributed by atoms with Crippen LogP contribution in [0.5, 0.6) is 5.75 Å². The first-order valence-electron chi connectivity index (χ1n) is 8.36. The second-order valence-electron chi connectivity index (χ2n) is 6.06. The average molecular weight is 368 g/mol. The molecule has 2 aromatic carbocycles. The Morgan fingerprint density at radius 1 is 1.15 bits per heavy atom. The number of esters is 1. The predicted molar refractivity (Wildman–Crippen MR) is 94.4 cm³/mol. The molecule has 1 fully saturated rings. The van der Waals surface area contributed by atoms with Crippen LogP contribution in [0.3, 0.4) is 0 Å². The second kappa shape index (κ2) is 7.22. The van der Waals surface area contributed by atoms with Crippen molar-refractivity contribution in [3.63, 3.8) is 0 Å². The standard InChI is InChI=1S/C20H16O7/c21-16-7-3-1-5-13(16)19(23)25-9-12-10-26-20(27-12)15-11-24-17-8-4-2-6-14(17)18(15)22/h1-8,11-12,20-21H,9-10H2/t12-,20+/m1/s1. The third-order valence-electron chi connectivity index (χ3n) is 4.23. The summed E-state index contributed by atoms with van der Waals surface area (Å²) in [6.45, 7) is 0.0908. The number of carbonyl (C=O) groups is 1. The number of phenolic OH excluding ortho intramolecular Hbond substituents is 1. The maximum atomic E-state index is 12.6. The molecule has 0 saturated carbocycles. The van der Waals surface area contributed by atoms with Crippen molar-refractivity contribution in [1.82, 2.24) is 0 Å². The number of hydrogen-bond acceptors (Lipinski definition) is 7. The zero-order chi connectivity index (χ0) is 18.8. The molecule has 0 spiro atoms. The van der Waals surface area contributed by atoms with E-state index in [1.807, 2.05) is 0 Å². The van der Waals surface area contributed by atoms with Gasteiger partial charge in [-0.1, -0.05) is 24.3 Å². The molecule has 1 aromatic heterocycles. The third kappa shape index (κ3) is 3.42. The number of phenols is 1. The Bertz CT molecular complexity index is 1040. The van der Waals surface area contributed by atoms with Crippen molar-refractivity contribution in [3.8, 4) is 5.75 Å². The Balaban J connectivity index is 1.42. The lowest BCUT2D eigenvalue weighted by Gasteiger charge is -2.12. The van der Waals surface area contributed by atoms with Gasteiger partial charge in [-0.2, -0.15) is 0 Å². The van der Waals surface area contributed by atoms with Gasteiger partial charge in [0.05, 0.1) is 17.6 Å². The molecule has 7 heteroatoms. The molecule has 1 saturated heterocycles. The van der Waals surface area contributed by atoms with Crippen LogP contribution in [0.1, 0.15) is 22.2 Å². The Labute approximate surface area is 153 Å². The Kier molecular flexibility index (Phi) is 4.62. The van der Waals surface area contributed by atoms with E-state index in [1.165, 1.54) is 18.4 Å². The fraction of sp³-hybridized carbons (Fsp3) is 0.200. The smallest absolute Gasteiger partial charge is 0.342 e. The molecule has 1 aliphatic heterocycles. The van der Waals surface area contributed by atoms with Crippen LogP contribution < -0.4 is 5.43 Å². The first-order valence-corrected chi connectivity index (χ1v) is 8.36. The van der Waals surface area contributed by atoms with E-state index in [0.29, 0.717) is 11.0 Å². The van der Waals surface area contributed by atoms with Crippen molar-refractivity contribution in [2.24, 2.45) is 0 Å². The van der Waals surface area contributed by atoms with Crippen molar-refractivity contribution in [2.45, 2.75) is 12.4 Å². The minimum absolute atomic E-state index is 0.0669. The lowest BCUT2D eigenvalue weighted by atomic mass is 10.1. The molecule has 0 aliphatic carbocycles. The minimum Gasteiger partial charge on any atom is -0.507 e. The van der Waals surface area contributed by atoms with Gasteiger partial charge in [-0.15, -0.1) is 0 Å². The number of rotatable bonds is 4. The lowest BCUT2D eigenvalue weighted by Crippen LogP contribution is -2.21. The summed E-state index contributed by atoms with van der Waals surface area (Å²) in [6, 6.07) is 13.0. The highest BCUT2D eigenvalue weighted by molar-refractivity contribution is 5.92. The van der Waals surface area contributed by atoms with Crippen molar-refractivity contribution in [2.75, 3.05) is 13.2 Å². The van der Waals surface area contributed by atoms with Crippen molar-refractivity contribution >= 4 is 16.9 Å². The molecule has 138 valence electrons. The van der Waals surface area contributed by atoms with E-state index in [1.54, 1.807) is 36.4 Å². The van der Waals surface area contributed by atoms with Crippen molar-refractivity contribution < 1.29 is 28.5 Å². The van der Waals surface area contributed by atoms with Gasteiger partial charge in [-0.25, -0.2) is 4.79 Å². The van der Waals surface area contributed by atoms with Crippen LogP contribution in [0.25, 0.3) is 11.0 Å². The summed E-state index contributed by atoms with van der Waals surface area (Å²) in [6.07, 6.45) is -0.0958. The number of carbonyl (C=O) groups excluding carboxylic acids is 1. The molecular formula is C20H16O7. The first kappa shape index (κ1) is 17.3. The Hall–Kier alpha value is -3.16. The Morgan fingerprint density at radius 2 is 1.93 bits per heavy atom. The van der Waals surface area contributed by atoms with Gasteiger partial charge in [0.1, 0.15) is 35.9 Å². The van der Waals surface area contributed by atoms with Crippen LogP contribution in [0.15, 0.2) is 64.0 Å². The third-order valence-corrected chi connectivity index (χ3v) is 4.23. The molecule has 2 heterocycles. The summed E-state index contributed by atoms with van der Waals surface area (Å²) < 4.78 is 21.8. The number of ether oxygens (including phenoxy) is 3. The fourth-order valence-electron chi connectivity index (χ4n) is 2.85. The summed E-state index contributed by atoms with van der Waals surface area (Å²) in [5.41, 5.74) is 0.581. The summed E-state index contributed by atoms with van der Waals surface area (Å²) in [4.78, 5) is 24.6. The molecule has 27 heavy (non-hydrogen) atoms. The molecule has 2 atom stereocenters. The van der Waals surface area contributed by atoms with Crippen LogP contribution in [0, 0.1) is 0 Å². The van der Waals surface area contributed by atoms with E-state index in [0.717, 1.165) is 0 Å². The van der Waals surface area contributed by atoms with Gasteiger partial charge in [0.15, 0.2) is 6.29 Å². The van der Waals surface area contributed by atoms with Gasteiger partial charge < -0.3 is 23.7 Å². The minimum atomic E-state index is -0.889. The van der Waals surface area contributed by atoms with Gasteiger partial charge >= 0.3 is 5.97 Å². The zero-order valence-electron chi connectivity index (χ0n) is 14.2. The van der Waals surface area contributed by atoms with Gasteiger partial charge in [-0.05, 0) is 24.3 Å². The normalized spacial score (nSPS) is 19.3. The predicted octanol–water partition coefficient (Wildman–Crippen LogP) is 2.77. The van der Waals surface area contributed by atoms with Gasteiger partial charge in [-0.3, -0.25) is 4.79 Å². The van der Waals surface area contributed by atoms with Crippen LogP contribution >= 0.6 is 0 Å². The topological polar surface area (TPSA) is 95.2 Å². The number of aromatic hydroxyl groups is 1. The Morgan fingerprint density at radius 3 is 2.78 bits per heavy atom. The summed E-state index contributed by atoms with van der Waals surface area (Å²) in [5, 5.41) is 10.1. The van der Waals surface area contributed by atoms with E-state index < -0.39 is 18.4 Å². The SMILES string of the molecule is O=C(OC[C@@H]1CO[C@H](c2coc3ccccc3c2=O)O1)c1ccccc1O. The van der Waals surface area contributed by atoms with E-state index in [4.69, 9.17) is 18.6 Å². The van der Waals surface area contributed by atoms with Crippen LogP contribution in [-0.2, 0) is 14.2 Å². The fourth-order valence-corrected chi connectivity index (χ4v) is 2.85. The molecule has 0 unspecified atom stereocenters. The molecule has 0 radical (unpaired) electrons. The van der Waals surface area contributed by atoms with E-state index in [-0.39, 0.29) is 35.5 Å². The van der Waals surface area contributed by atoms with Gasteiger partial charge in [0.25, 0.3) is 0 Å². The van der Waals surface area contributed by atoms with E-state index in [9.17, 15) is 14.7 Å². The van der Waals surface area contributed by atoms with Crippen molar-refractivity contribution in [3.05, 3.63) is 76.1 Å². The molecule has 1 aliphatic rings. The number of hydrogen-bond donors (Lipinski definition) is 1. The summed E-state index contributed by atoms with van der Waals surface area (Å²) in [5.74, 6) is -0.817. The highest BCUT2D eigenvalue weighted by atomic mass is 16.7. The highest BCUT2D eigenvalue weighted by Crippen LogP contribution is 2.27. The molecule has 1 N–H and O–H groups in total. The van der Waals surface area contributed by atoms with E-state index >= 15 is 0 Å². The maximum absolute atomic E-state index is 12.6. The largest absolute Gasteiger partial charge is 0.507 e.